The molecule has 0 aromatic heterocycles. The molecule has 1 atom stereocenters. The van der Waals surface area contributed by atoms with Gasteiger partial charge in [0.15, 0.2) is 6.61 Å². The van der Waals surface area contributed by atoms with Crippen LogP contribution >= 0.6 is 0 Å². The van der Waals surface area contributed by atoms with Gasteiger partial charge in [-0.15, -0.1) is 0 Å². The topological polar surface area (TPSA) is 58.6 Å². The van der Waals surface area contributed by atoms with Crippen molar-refractivity contribution in [1.82, 2.24) is 10.2 Å². The number of fused-ring (bicyclic) bond motifs is 1. The third-order valence-electron chi connectivity index (χ3n) is 5.42. The van der Waals surface area contributed by atoms with Crippen molar-refractivity contribution in [2.45, 2.75) is 45.1 Å². The number of hydrogen-bond donors (Lipinski definition) is 1. The van der Waals surface area contributed by atoms with Gasteiger partial charge in [-0.2, -0.15) is 0 Å². The molecule has 0 aliphatic heterocycles. The molecule has 1 unspecified atom stereocenters. The molecule has 2 aromatic rings. The van der Waals surface area contributed by atoms with Crippen LogP contribution in [0.2, 0.25) is 0 Å². The Hall–Kier alpha value is -2.82. The number of hydrogen-bond acceptors (Lipinski definition) is 3. The highest BCUT2D eigenvalue weighted by Crippen LogP contribution is 2.28. The Morgan fingerprint density at radius 3 is 2.62 bits per heavy atom. The summed E-state index contributed by atoms with van der Waals surface area (Å²) in [6.45, 7) is 2.01. The highest BCUT2D eigenvalue weighted by Gasteiger charge is 2.19. The van der Waals surface area contributed by atoms with E-state index in [1.807, 2.05) is 31.2 Å². The van der Waals surface area contributed by atoms with Crippen LogP contribution in [0.3, 0.4) is 0 Å². The molecule has 29 heavy (non-hydrogen) atoms. The zero-order valence-corrected chi connectivity index (χ0v) is 17.5. The van der Waals surface area contributed by atoms with Crippen molar-refractivity contribution in [2.24, 2.45) is 0 Å². The molecule has 5 nitrogen and oxygen atoms in total. The number of para-hydroxylation sites is 1. The predicted octanol–water partition coefficient (Wildman–Crippen LogP) is 3.45. The van der Waals surface area contributed by atoms with E-state index < -0.39 is 0 Å². The molecular weight excluding hydrogens is 364 g/mol. The van der Waals surface area contributed by atoms with Gasteiger partial charge in [0.1, 0.15) is 5.75 Å². The lowest BCUT2D eigenvalue weighted by molar-refractivity contribution is -0.130. The summed E-state index contributed by atoms with van der Waals surface area (Å²) in [4.78, 5) is 26.1. The van der Waals surface area contributed by atoms with Crippen molar-refractivity contribution in [1.29, 1.82) is 0 Å². The average Bonchev–Trinajstić information content (AvgIpc) is 3.18. The van der Waals surface area contributed by atoms with Crippen LogP contribution in [0.1, 0.15) is 48.1 Å². The van der Waals surface area contributed by atoms with Gasteiger partial charge in [0.25, 0.3) is 5.91 Å². The summed E-state index contributed by atoms with van der Waals surface area (Å²) in [5, 5.41) is 3.14. The van der Waals surface area contributed by atoms with E-state index in [0.29, 0.717) is 12.2 Å². The van der Waals surface area contributed by atoms with Crippen molar-refractivity contribution in [2.75, 3.05) is 20.7 Å². The zero-order chi connectivity index (χ0) is 20.8. The number of nitrogens with one attached hydrogen (secondary N) is 1. The van der Waals surface area contributed by atoms with Crippen LogP contribution < -0.4 is 10.1 Å². The van der Waals surface area contributed by atoms with E-state index in [0.717, 1.165) is 30.4 Å². The normalized spacial score (nSPS) is 13.5. The molecule has 0 fully saturated rings. The Kier molecular flexibility index (Phi) is 6.91. The van der Waals surface area contributed by atoms with Gasteiger partial charge >= 0.3 is 0 Å². The summed E-state index contributed by atoms with van der Waals surface area (Å²) in [6, 6.07) is 13.8. The summed E-state index contributed by atoms with van der Waals surface area (Å²) in [7, 11) is 3.40. The first kappa shape index (κ1) is 20.9. The van der Waals surface area contributed by atoms with Crippen molar-refractivity contribution in [3.8, 4) is 5.75 Å². The summed E-state index contributed by atoms with van der Waals surface area (Å²) in [6.07, 6.45) is 4.56. The van der Waals surface area contributed by atoms with Crippen LogP contribution in [-0.2, 0) is 28.9 Å². The van der Waals surface area contributed by atoms with Crippen LogP contribution in [0.25, 0.3) is 0 Å². The van der Waals surface area contributed by atoms with Crippen molar-refractivity contribution < 1.29 is 14.3 Å². The van der Waals surface area contributed by atoms with Gasteiger partial charge in [0, 0.05) is 19.7 Å². The van der Waals surface area contributed by atoms with Gasteiger partial charge in [-0.25, -0.2) is 0 Å². The van der Waals surface area contributed by atoms with Gasteiger partial charge in [-0.3, -0.25) is 9.59 Å². The summed E-state index contributed by atoms with van der Waals surface area (Å²) in [5.74, 6) is 0.523. The molecule has 1 N–H and O–H groups in total. The number of likely N-dealkylation sites (N-methyl/N-ethyl adjacent to an activating group) is 1. The van der Waals surface area contributed by atoms with Gasteiger partial charge in [0.2, 0.25) is 5.91 Å². The van der Waals surface area contributed by atoms with Gasteiger partial charge in [0.05, 0.1) is 12.5 Å². The fraction of sp³-hybridized carbons (Fsp3) is 0.417. The molecule has 1 aliphatic rings. The number of carbonyl (C=O) groups excluding carboxylic acids is 2. The molecule has 2 amide bonds. The van der Waals surface area contributed by atoms with E-state index in [2.05, 4.69) is 23.5 Å². The van der Waals surface area contributed by atoms with Crippen molar-refractivity contribution >= 4 is 11.8 Å². The van der Waals surface area contributed by atoms with Crippen molar-refractivity contribution in [3.63, 3.8) is 0 Å². The number of rotatable bonds is 8. The summed E-state index contributed by atoms with van der Waals surface area (Å²) < 4.78 is 5.75. The highest BCUT2D eigenvalue weighted by atomic mass is 16.5. The van der Waals surface area contributed by atoms with E-state index in [1.165, 1.54) is 22.4 Å². The Morgan fingerprint density at radius 2 is 1.86 bits per heavy atom. The second kappa shape index (κ2) is 9.59. The summed E-state index contributed by atoms with van der Waals surface area (Å²) in [5.41, 5.74) is 4.74. The lowest BCUT2D eigenvalue weighted by Gasteiger charge is -2.21. The maximum absolute atomic E-state index is 12.7. The predicted molar refractivity (Wildman–Crippen MR) is 114 cm³/mol. The first-order chi connectivity index (χ1) is 14.0. The maximum atomic E-state index is 12.7. The molecule has 0 heterocycles. The standard InChI is InChI=1S/C24H30N2O3/c1-4-21(20-10-5-6-11-22(20)29-16-24(28)26(2)3)25-23(27)15-17-12-13-18-8-7-9-19(18)14-17/h5-6,10-14,21H,4,7-9,15-16H2,1-3H3,(H,25,27). The van der Waals surface area contributed by atoms with E-state index in [4.69, 9.17) is 4.74 Å². The lowest BCUT2D eigenvalue weighted by atomic mass is 10.0. The number of nitrogens with zero attached hydrogens (tertiary/aromatic N) is 1. The van der Waals surface area contributed by atoms with Crippen LogP contribution in [0.4, 0.5) is 0 Å². The molecule has 0 spiro atoms. The minimum absolute atomic E-state index is 0.00559. The van der Waals surface area contributed by atoms with E-state index in [1.54, 1.807) is 14.1 Å². The quantitative estimate of drug-likeness (QED) is 0.746. The molecule has 3 rings (SSSR count). The van der Waals surface area contributed by atoms with Crippen LogP contribution in [0.5, 0.6) is 5.75 Å². The average molecular weight is 395 g/mol. The van der Waals surface area contributed by atoms with Crippen LogP contribution in [-0.4, -0.2) is 37.4 Å². The number of carbonyl (C=O) groups is 2. The first-order valence-corrected chi connectivity index (χ1v) is 10.3. The number of ether oxygens (including phenoxy) is 1. The largest absolute Gasteiger partial charge is 0.483 e. The molecule has 5 heteroatoms. The van der Waals surface area contributed by atoms with E-state index >= 15 is 0 Å². The molecule has 0 saturated heterocycles. The van der Waals surface area contributed by atoms with Crippen LogP contribution in [0.15, 0.2) is 42.5 Å². The number of benzene rings is 2. The molecule has 0 radical (unpaired) electrons. The fourth-order valence-corrected chi connectivity index (χ4v) is 3.73. The smallest absolute Gasteiger partial charge is 0.259 e. The maximum Gasteiger partial charge on any atom is 0.259 e. The first-order valence-electron chi connectivity index (χ1n) is 10.3. The van der Waals surface area contributed by atoms with Gasteiger partial charge < -0.3 is 15.0 Å². The second-order valence-corrected chi connectivity index (χ2v) is 7.78. The van der Waals surface area contributed by atoms with Crippen LogP contribution in [0, 0.1) is 0 Å². The Bertz CT molecular complexity index is 876. The number of aryl methyl sites for hydroxylation is 2. The Morgan fingerprint density at radius 1 is 1.10 bits per heavy atom. The zero-order valence-electron chi connectivity index (χ0n) is 17.5. The van der Waals surface area contributed by atoms with E-state index in [9.17, 15) is 9.59 Å². The molecule has 1 aliphatic carbocycles. The minimum Gasteiger partial charge on any atom is -0.483 e. The monoisotopic (exact) mass is 394 g/mol. The molecule has 154 valence electrons. The summed E-state index contributed by atoms with van der Waals surface area (Å²) >= 11 is 0. The SMILES string of the molecule is CCC(NC(=O)Cc1ccc2c(c1)CCC2)c1ccccc1OCC(=O)N(C)C. The third-order valence-corrected chi connectivity index (χ3v) is 5.42. The lowest BCUT2D eigenvalue weighted by Crippen LogP contribution is -2.31. The van der Waals surface area contributed by atoms with Gasteiger partial charge in [-0.05, 0) is 48.4 Å². The number of amides is 2. The fourth-order valence-electron chi connectivity index (χ4n) is 3.73. The second-order valence-electron chi connectivity index (χ2n) is 7.78. The molecule has 0 bridgehead atoms. The Labute approximate surface area is 173 Å². The highest BCUT2D eigenvalue weighted by molar-refractivity contribution is 5.79. The third kappa shape index (κ3) is 5.37. The van der Waals surface area contributed by atoms with Crippen molar-refractivity contribution in [3.05, 3.63) is 64.7 Å². The minimum atomic E-state index is -0.164. The molecule has 0 saturated carbocycles. The Balaban J connectivity index is 1.66. The van der Waals surface area contributed by atoms with E-state index in [-0.39, 0.29) is 24.5 Å². The molecular formula is C24H30N2O3. The molecule has 2 aromatic carbocycles. The van der Waals surface area contributed by atoms with Gasteiger partial charge in [-0.1, -0.05) is 43.3 Å².